The average Bonchev–Trinajstić information content (AvgIpc) is 2.12. The average molecular weight is 468 g/mol. The molecule has 17 heavy (non-hydrogen) atoms. The van der Waals surface area contributed by atoms with Crippen molar-refractivity contribution >= 4 is 0 Å². The zero-order chi connectivity index (χ0) is 11.4. The maximum atomic E-state index is 2.45. The molecule has 0 aliphatic carbocycles. The molecular weight excluding hydrogens is 438 g/mol. The van der Waals surface area contributed by atoms with Gasteiger partial charge in [-0.3, -0.25) is 0 Å². The molecule has 0 N–H and O–H groups in total. The fraction of sp³-hybridized carbons (Fsp3) is 1.00. The van der Waals surface area contributed by atoms with Crippen LogP contribution in [0.3, 0.4) is 0 Å². The van der Waals surface area contributed by atoms with Crippen LogP contribution in [0.15, 0.2) is 0 Å². The summed E-state index contributed by atoms with van der Waals surface area (Å²) in [5.41, 5.74) is 0. The van der Waals surface area contributed by atoms with E-state index in [4.69, 9.17) is 0 Å². The van der Waals surface area contributed by atoms with E-state index in [9.17, 15) is 0 Å². The van der Waals surface area contributed by atoms with Crippen molar-refractivity contribution in [3.05, 3.63) is 0 Å². The van der Waals surface area contributed by atoms with Gasteiger partial charge < -0.3 is 56.9 Å². The second-order valence-electron chi connectivity index (χ2n) is 6.57. The van der Waals surface area contributed by atoms with E-state index in [1.54, 1.807) is 0 Å². The molecule has 0 aromatic rings. The lowest BCUT2D eigenvalue weighted by molar-refractivity contribution is -0.915. The lowest BCUT2D eigenvalue weighted by Gasteiger charge is -2.38. The fourth-order valence-electron chi connectivity index (χ4n) is 2.58. The van der Waals surface area contributed by atoms with E-state index < -0.39 is 0 Å². The van der Waals surface area contributed by atoms with Gasteiger partial charge in [0.15, 0.2) is 0 Å². The molecule has 0 atom stereocenters. The molecule has 0 aromatic heterocycles. The molecular formula is C13H30I2N2. The monoisotopic (exact) mass is 468 g/mol. The summed E-state index contributed by atoms with van der Waals surface area (Å²) in [6.45, 7) is 5.56. The quantitative estimate of drug-likeness (QED) is 0.220. The van der Waals surface area contributed by atoms with E-state index >= 15 is 0 Å². The molecule has 0 aromatic carbocycles. The predicted octanol–water partition coefficient (Wildman–Crippen LogP) is -3.89. The third-order valence-electron chi connectivity index (χ3n) is 3.67. The van der Waals surface area contributed by atoms with E-state index in [0.29, 0.717) is 0 Å². The van der Waals surface area contributed by atoms with Crippen molar-refractivity contribution in [2.24, 2.45) is 0 Å². The van der Waals surface area contributed by atoms with Crippen molar-refractivity contribution < 1.29 is 56.9 Å². The van der Waals surface area contributed by atoms with Crippen LogP contribution >= 0.6 is 0 Å². The van der Waals surface area contributed by atoms with E-state index in [0.717, 1.165) is 4.48 Å². The van der Waals surface area contributed by atoms with Gasteiger partial charge >= 0.3 is 0 Å². The fourth-order valence-corrected chi connectivity index (χ4v) is 2.58. The van der Waals surface area contributed by atoms with E-state index in [-0.39, 0.29) is 48.0 Å². The molecule has 2 nitrogen and oxygen atoms in total. The smallest absolute Gasteiger partial charge is 0.0786 e. The first-order valence-electron chi connectivity index (χ1n) is 6.55. The Bertz CT molecular complexity index is 184. The zero-order valence-electron chi connectivity index (χ0n) is 12.0. The van der Waals surface area contributed by atoms with Crippen molar-refractivity contribution in [1.29, 1.82) is 0 Å². The summed E-state index contributed by atoms with van der Waals surface area (Å²) in [5.74, 6) is 0. The van der Waals surface area contributed by atoms with Crippen molar-refractivity contribution in [3.8, 4) is 0 Å². The summed E-state index contributed by atoms with van der Waals surface area (Å²) >= 11 is 0. The van der Waals surface area contributed by atoms with Crippen molar-refractivity contribution in [3.63, 3.8) is 0 Å². The summed E-state index contributed by atoms with van der Waals surface area (Å²) in [6.07, 6.45) is 7.16. The van der Waals surface area contributed by atoms with Crippen LogP contribution in [-0.4, -0.2) is 63.3 Å². The molecule has 106 valence electrons. The van der Waals surface area contributed by atoms with Gasteiger partial charge in [0.25, 0.3) is 0 Å². The van der Waals surface area contributed by atoms with Gasteiger partial charge in [-0.1, -0.05) is 0 Å². The van der Waals surface area contributed by atoms with Crippen LogP contribution in [0.2, 0.25) is 0 Å². The maximum Gasteiger partial charge on any atom is 0.0786 e. The van der Waals surface area contributed by atoms with Gasteiger partial charge in [-0.15, -0.1) is 0 Å². The number of piperidine rings is 1. The largest absolute Gasteiger partial charge is 1.00 e. The SMILES string of the molecule is C[N+](C)(C)CCCC[N+]1(C)CCCCC1.[I-].[I-]. The van der Waals surface area contributed by atoms with Crippen LogP contribution in [0.25, 0.3) is 0 Å². The number of hydrogen-bond acceptors (Lipinski definition) is 0. The number of rotatable bonds is 5. The van der Waals surface area contributed by atoms with Crippen molar-refractivity contribution in [1.82, 2.24) is 0 Å². The predicted molar refractivity (Wildman–Crippen MR) is 66.8 cm³/mol. The molecule has 1 aliphatic rings. The maximum absolute atomic E-state index is 2.45. The highest BCUT2D eigenvalue weighted by Crippen LogP contribution is 2.17. The molecule has 1 heterocycles. The molecule has 0 bridgehead atoms. The summed E-state index contributed by atoms with van der Waals surface area (Å²) in [5, 5.41) is 0. The molecule has 1 fully saturated rings. The molecule has 1 rings (SSSR count). The molecule has 0 spiro atoms. The number of unbranched alkanes of at least 4 members (excludes halogenated alkanes) is 1. The Morgan fingerprint density at radius 1 is 0.882 bits per heavy atom. The Balaban J connectivity index is 0. The highest BCUT2D eigenvalue weighted by atomic mass is 127. The zero-order valence-corrected chi connectivity index (χ0v) is 16.3. The standard InChI is InChI=1S/C13H30N2.2HI/c1-14(2,3)10-8-9-13-15(4)11-6-5-7-12-15;;/h5-13H2,1-4H3;2*1H/q+2;;/p-2. The van der Waals surface area contributed by atoms with Crippen LogP contribution in [0.1, 0.15) is 32.1 Å². The van der Waals surface area contributed by atoms with E-state index in [1.807, 2.05) is 0 Å². The summed E-state index contributed by atoms with van der Waals surface area (Å²) in [6, 6.07) is 0. The summed E-state index contributed by atoms with van der Waals surface area (Å²) in [4.78, 5) is 0. The van der Waals surface area contributed by atoms with Crippen LogP contribution in [0, 0.1) is 0 Å². The lowest BCUT2D eigenvalue weighted by Crippen LogP contribution is -3.00. The minimum Gasteiger partial charge on any atom is -1.00 e. The van der Waals surface area contributed by atoms with Gasteiger partial charge in [0.05, 0.1) is 54.4 Å². The first kappa shape index (κ1) is 20.7. The molecule has 1 aliphatic heterocycles. The third kappa shape index (κ3) is 9.90. The Hall–Kier alpha value is 1.38. The van der Waals surface area contributed by atoms with Crippen LogP contribution in [0.4, 0.5) is 0 Å². The lowest BCUT2D eigenvalue weighted by atomic mass is 10.1. The van der Waals surface area contributed by atoms with Gasteiger partial charge in [-0.2, -0.15) is 0 Å². The summed E-state index contributed by atoms with van der Waals surface area (Å²) in [7, 11) is 9.32. The van der Waals surface area contributed by atoms with E-state index in [2.05, 4.69) is 28.2 Å². The van der Waals surface area contributed by atoms with Crippen LogP contribution < -0.4 is 48.0 Å². The molecule has 0 radical (unpaired) electrons. The molecule has 1 saturated heterocycles. The number of likely N-dealkylation sites (tertiary alicyclic amines) is 1. The minimum absolute atomic E-state index is 0. The summed E-state index contributed by atoms with van der Waals surface area (Å²) < 4.78 is 2.46. The van der Waals surface area contributed by atoms with Gasteiger partial charge in [-0.05, 0) is 19.3 Å². The highest BCUT2D eigenvalue weighted by molar-refractivity contribution is 4.52. The Kier molecular flexibility index (Phi) is 11.3. The Labute approximate surface area is 142 Å². The van der Waals surface area contributed by atoms with Crippen molar-refractivity contribution in [2.45, 2.75) is 32.1 Å². The number of nitrogens with zero attached hydrogens (tertiary/aromatic N) is 2. The van der Waals surface area contributed by atoms with Gasteiger partial charge in [0.2, 0.25) is 0 Å². The Morgan fingerprint density at radius 2 is 1.41 bits per heavy atom. The highest BCUT2D eigenvalue weighted by Gasteiger charge is 2.23. The molecule has 0 amide bonds. The minimum atomic E-state index is 0. The normalized spacial score (nSPS) is 19.1. The first-order valence-corrected chi connectivity index (χ1v) is 6.55. The number of quaternary nitrogens is 2. The van der Waals surface area contributed by atoms with Crippen LogP contribution in [-0.2, 0) is 0 Å². The third-order valence-corrected chi connectivity index (χ3v) is 3.67. The van der Waals surface area contributed by atoms with E-state index in [1.165, 1.54) is 62.8 Å². The first-order chi connectivity index (χ1) is 6.91. The molecule has 0 saturated carbocycles. The topological polar surface area (TPSA) is 0 Å². The Morgan fingerprint density at radius 3 is 1.88 bits per heavy atom. The molecule has 0 unspecified atom stereocenters. The second-order valence-corrected chi connectivity index (χ2v) is 6.57. The van der Waals surface area contributed by atoms with Crippen LogP contribution in [0.5, 0.6) is 0 Å². The van der Waals surface area contributed by atoms with Gasteiger partial charge in [0.1, 0.15) is 0 Å². The van der Waals surface area contributed by atoms with Gasteiger partial charge in [-0.25, -0.2) is 0 Å². The van der Waals surface area contributed by atoms with Gasteiger partial charge in [0, 0.05) is 12.8 Å². The molecule has 4 heteroatoms. The number of hydrogen-bond donors (Lipinski definition) is 0. The second kappa shape index (κ2) is 9.31. The number of halogens is 2. The van der Waals surface area contributed by atoms with Crippen molar-refractivity contribution in [2.75, 3.05) is 54.4 Å².